The van der Waals surface area contributed by atoms with Gasteiger partial charge in [-0.1, -0.05) is 25.5 Å². The minimum Gasteiger partial charge on any atom is -0.365 e. The molecule has 0 aromatic carbocycles. The Kier molecular flexibility index (Phi) is 3.14. The third-order valence-electron chi connectivity index (χ3n) is 7.86. The molecule has 4 rings (SSSR count). The van der Waals surface area contributed by atoms with Gasteiger partial charge in [0.15, 0.2) is 5.79 Å². The maximum absolute atomic E-state index is 14.1. The van der Waals surface area contributed by atoms with Crippen LogP contribution in [0.3, 0.4) is 0 Å². The fraction of sp³-hybridized carbons (Fsp3) is 0.895. The smallest absolute Gasteiger partial charge is 0.166 e. The molecule has 0 radical (unpaired) electrons. The van der Waals surface area contributed by atoms with E-state index in [0.717, 1.165) is 32.1 Å². The molecule has 0 unspecified atom stereocenters. The van der Waals surface area contributed by atoms with E-state index in [-0.39, 0.29) is 10.8 Å². The van der Waals surface area contributed by atoms with Gasteiger partial charge in [-0.2, -0.15) is 0 Å². The second kappa shape index (κ2) is 4.57. The Hall–Kier alpha value is -0.410. The van der Waals surface area contributed by atoms with Crippen LogP contribution in [0.2, 0.25) is 0 Å². The molecule has 0 spiro atoms. The summed E-state index contributed by atoms with van der Waals surface area (Å²) in [6, 6.07) is 0. The lowest BCUT2D eigenvalue weighted by molar-refractivity contribution is -0.188. The second-order valence-electron chi connectivity index (χ2n) is 9.15. The molecule has 0 aromatic heterocycles. The summed E-state index contributed by atoms with van der Waals surface area (Å²) in [4.78, 5) is 0. The molecule has 3 heteroatoms. The Bertz CT molecular complexity index is 514. The first-order chi connectivity index (χ1) is 10.2. The Morgan fingerprint density at radius 2 is 1.91 bits per heavy atom. The number of alkyl halides is 1. The Balaban J connectivity index is 1.67. The van der Waals surface area contributed by atoms with Crippen LogP contribution in [0.25, 0.3) is 0 Å². The van der Waals surface area contributed by atoms with Crippen LogP contribution >= 0.6 is 0 Å². The zero-order valence-corrected chi connectivity index (χ0v) is 13.8. The monoisotopic (exact) mass is 308 g/mol. The molecule has 0 heterocycles. The number of aliphatic hydroxyl groups is 2. The standard InChI is InChI=1S/C19H29FO2/c1-17-6-5-15-14(16(17)9-13(20)11-17)4-3-12-10-19(21,22)8-7-18(12,15)2/h3,13-16,21-22H,4-11H2,1-2H3/t13-,14-,15+,16+,17-,18+/m1/s1. The van der Waals surface area contributed by atoms with E-state index in [9.17, 15) is 14.6 Å². The van der Waals surface area contributed by atoms with Gasteiger partial charge in [-0.3, -0.25) is 0 Å². The third-order valence-corrected chi connectivity index (χ3v) is 7.86. The summed E-state index contributed by atoms with van der Waals surface area (Å²) in [5.41, 5.74) is 1.56. The molecule has 0 aliphatic heterocycles. The highest BCUT2D eigenvalue weighted by Crippen LogP contribution is 2.65. The van der Waals surface area contributed by atoms with E-state index in [0.29, 0.717) is 30.6 Å². The lowest BCUT2D eigenvalue weighted by atomic mass is 9.48. The van der Waals surface area contributed by atoms with Crippen LogP contribution in [-0.2, 0) is 0 Å². The van der Waals surface area contributed by atoms with Crippen molar-refractivity contribution in [1.82, 2.24) is 0 Å². The predicted molar refractivity (Wildman–Crippen MR) is 83.8 cm³/mol. The lowest BCUT2D eigenvalue weighted by Gasteiger charge is -2.57. The number of rotatable bonds is 0. The van der Waals surface area contributed by atoms with E-state index in [1.807, 2.05) is 0 Å². The number of fused-ring (bicyclic) bond motifs is 5. The van der Waals surface area contributed by atoms with Gasteiger partial charge in [0, 0.05) is 12.8 Å². The predicted octanol–water partition coefficient (Wildman–Crippen LogP) is 3.97. The first kappa shape index (κ1) is 15.1. The van der Waals surface area contributed by atoms with Crippen molar-refractivity contribution in [3.63, 3.8) is 0 Å². The maximum Gasteiger partial charge on any atom is 0.166 e. The average molecular weight is 308 g/mol. The van der Waals surface area contributed by atoms with Crippen molar-refractivity contribution in [2.75, 3.05) is 0 Å². The molecule has 0 saturated heterocycles. The van der Waals surface area contributed by atoms with Gasteiger partial charge in [-0.25, -0.2) is 4.39 Å². The SMILES string of the molecule is C[C@]12CC[C@H]3[C@@H](CC=C4CC(O)(O)CC[C@@]43C)[C@@H]1C[C@@H](F)C2. The molecule has 3 fully saturated rings. The summed E-state index contributed by atoms with van der Waals surface area (Å²) in [7, 11) is 0. The van der Waals surface area contributed by atoms with Crippen LogP contribution in [0.1, 0.15) is 65.2 Å². The minimum absolute atomic E-state index is 0.105. The zero-order chi connectivity index (χ0) is 15.8. The highest BCUT2D eigenvalue weighted by molar-refractivity contribution is 5.26. The minimum atomic E-state index is -1.52. The van der Waals surface area contributed by atoms with E-state index in [1.165, 1.54) is 12.0 Å². The molecule has 3 saturated carbocycles. The fourth-order valence-electron chi connectivity index (χ4n) is 6.60. The van der Waals surface area contributed by atoms with Crippen molar-refractivity contribution in [2.24, 2.45) is 28.6 Å². The van der Waals surface area contributed by atoms with Gasteiger partial charge in [0.2, 0.25) is 0 Å². The van der Waals surface area contributed by atoms with Gasteiger partial charge >= 0.3 is 0 Å². The number of hydrogen-bond donors (Lipinski definition) is 2. The van der Waals surface area contributed by atoms with Gasteiger partial charge in [0.25, 0.3) is 0 Å². The van der Waals surface area contributed by atoms with Crippen molar-refractivity contribution in [3.8, 4) is 0 Å². The van der Waals surface area contributed by atoms with E-state index in [2.05, 4.69) is 19.9 Å². The van der Waals surface area contributed by atoms with Crippen LogP contribution < -0.4 is 0 Å². The quantitative estimate of drug-likeness (QED) is 0.525. The molecule has 4 aliphatic carbocycles. The summed E-state index contributed by atoms with van der Waals surface area (Å²) < 4.78 is 14.1. The summed E-state index contributed by atoms with van der Waals surface area (Å²) in [6.07, 6.45) is 8.24. The molecule has 22 heavy (non-hydrogen) atoms. The van der Waals surface area contributed by atoms with Crippen molar-refractivity contribution < 1.29 is 14.6 Å². The topological polar surface area (TPSA) is 40.5 Å². The van der Waals surface area contributed by atoms with Gasteiger partial charge in [0.05, 0.1) is 0 Å². The van der Waals surface area contributed by atoms with Gasteiger partial charge in [-0.15, -0.1) is 0 Å². The summed E-state index contributed by atoms with van der Waals surface area (Å²) in [6.45, 7) is 4.64. The van der Waals surface area contributed by atoms with E-state index in [1.54, 1.807) is 0 Å². The van der Waals surface area contributed by atoms with E-state index >= 15 is 0 Å². The summed E-state index contributed by atoms with van der Waals surface area (Å²) in [5, 5.41) is 20.0. The molecule has 6 atom stereocenters. The van der Waals surface area contributed by atoms with Crippen molar-refractivity contribution in [1.29, 1.82) is 0 Å². The van der Waals surface area contributed by atoms with Crippen LogP contribution in [0.5, 0.6) is 0 Å². The lowest BCUT2D eigenvalue weighted by Crippen LogP contribution is -2.51. The fourth-order valence-corrected chi connectivity index (χ4v) is 6.60. The highest BCUT2D eigenvalue weighted by atomic mass is 19.1. The molecule has 0 bridgehead atoms. The van der Waals surface area contributed by atoms with Crippen molar-refractivity contribution in [2.45, 2.75) is 77.2 Å². The van der Waals surface area contributed by atoms with Gasteiger partial charge in [0.1, 0.15) is 6.17 Å². The highest BCUT2D eigenvalue weighted by Gasteiger charge is 2.58. The average Bonchev–Trinajstić information content (AvgIpc) is 2.74. The van der Waals surface area contributed by atoms with Gasteiger partial charge in [-0.05, 0) is 67.1 Å². The van der Waals surface area contributed by atoms with Crippen LogP contribution in [0.15, 0.2) is 11.6 Å². The normalized spacial score (nSPS) is 53.2. The Morgan fingerprint density at radius 1 is 1.14 bits per heavy atom. The van der Waals surface area contributed by atoms with Crippen molar-refractivity contribution in [3.05, 3.63) is 11.6 Å². The van der Waals surface area contributed by atoms with Crippen LogP contribution in [0.4, 0.5) is 4.39 Å². The van der Waals surface area contributed by atoms with Crippen molar-refractivity contribution >= 4 is 0 Å². The summed E-state index contributed by atoms with van der Waals surface area (Å²) >= 11 is 0. The van der Waals surface area contributed by atoms with E-state index < -0.39 is 12.0 Å². The molecule has 4 aliphatic rings. The molecule has 0 aromatic rings. The zero-order valence-electron chi connectivity index (χ0n) is 13.8. The molecular weight excluding hydrogens is 279 g/mol. The second-order valence-corrected chi connectivity index (χ2v) is 9.15. The van der Waals surface area contributed by atoms with E-state index in [4.69, 9.17) is 0 Å². The largest absolute Gasteiger partial charge is 0.365 e. The molecule has 2 nitrogen and oxygen atoms in total. The first-order valence-corrected chi connectivity index (χ1v) is 9.02. The first-order valence-electron chi connectivity index (χ1n) is 9.02. The maximum atomic E-state index is 14.1. The van der Waals surface area contributed by atoms with Gasteiger partial charge < -0.3 is 10.2 Å². The number of halogens is 1. The van der Waals surface area contributed by atoms with Crippen LogP contribution in [0, 0.1) is 28.6 Å². The summed E-state index contributed by atoms with van der Waals surface area (Å²) in [5.74, 6) is 0.203. The molecule has 124 valence electrons. The molecule has 0 amide bonds. The molecule has 2 N–H and O–H groups in total. The number of hydrogen-bond acceptors (Lipinski definition) is 2. The third kappa shape index (κ3) is 2.04. The Morgan fingerprint density at radius 3 is 2.68 bits per heavy atom. The number of allylic oxidation sites excluding steroid dienone is 1. The Labute approximate surface area is 132 Å². The molecular formula is C19H29FO2. The van der Waals surface area contributed by atoms with Crippen LogP contribution in [-0.4, -0.2) is 22.2 Å².